The van der Waals surface area contributed by atoms with E-state index in [4.69, 9.17) is 0 Å². The summed E-state index contributed by atoms with van der Waals surface area (Å²) in [7, 11) is 0. The van der Waals surface area contributed by atoms with Crippen molar-refractivity contribution in [2.24, 2.45) is 0 Å². The van der Waals surface area contributed by atoms with E-state index in [9.17, 15) is 9.90 Å². The fourth-order valence-electron chi connectivity index (χ4n) is 2.62. The molecule has 19 heavy (non-hydrogen) atoms. The van der Waals surface area contributed by atoms with Gasteiger partial charge in [-0.2, -0.15) is 0 Å². The Hall–Kier alpha value is -1.69. The molecule has 0 aromatic carbocycles. The molecule has 3 rings (SSSR count). The SMILES string of the molecule is CC(=O)N1CCC1c1cc(N2CC(O)C2)nc(C)n1. The number of aliphatic hydroxyl groups is 1. The lowest BCUT2D eigenvalue weighted by Gasteiger charge is -2.41. The molecule has 0 aliphatic carbocycles. The predicted octanol–water partition coefficient (Wildman–Crippen LogP) is 0.259. The second-order valence-corrected chi connectivity index (χ2v) is 5.27. The average Bonchev–Trinajstić information content (AvgIpc) is 2.21. The molecule has 0 radical (unpaired) electrons. The number of aliphatic hydroxyl groups excluding tert-OH is 1. The number of hydrogen-bond donors (Lipinski definition) is 1. The molecule has 0 spiro atoms. The standard InChI is InChI=1S/C13H18N4O2/c1-8-14-11(12-3-4-17(12)9(2)18)5-13(15-8)16-6-10(19)7-16/h5,10,12,19H,3-4,6-7H2,1-2H3. The molecule has 6 nitrogen and oxygen atoms in total. The van der Waals surface area contributed by atoms with E-state index in [-0.39, 0.29) is 18.1 Å². The number of likely N-dealkylation sites (tertiary alicyclic amines) is 1. The highest BCUT2D eigenvalue weighted by atomic mass is 16.3. The molecule has 6 heteroatoms. The molecule has 3 heterocycles. The van der Waals surface area contributed by atoms with Gasteiger partial charge in [-0.05, 0) is 13.3 Å². The molecule has 102 valence electrons. The number of rotatable bonds is 2. The van der Waals surface area contributed by atoms with Crippen molar-refractivity contribution in [2.45, 2.75) is 32.4 Å². The molecule has 2 saturated heterocycles. The second kappa shape index (κ2) is 4.45. The largest absolute Gasteiger partial charge is 0.389 e. The van der Waals surface area contributed by atoms with Crippen molar-refractivity contribution in [1.29, 1.82) is 0 Å². The normalized spacial score (nSPS) is 23.0. The van der Waals surface area contributed by atoms with Crippen molar-refractivity contribution in [3.63, 3.8) is 0 Å². The molecule has 1 unspecified atom stereocenters. The molecule has 1 aromatic rings. The zero-order chi connectivity index (χ0) is 13.6. The van der Waals surface area contributed by atoms with Crippen LogP contribution in [0.5, 0.6) is 0 Å². The minimum absolute atomic E-state index is 0.0872. The Labute approximate surface area is 112 Å². The summed E-state index contributed by atoms with van der Waals surface area (Å²) in [6.45, 7) is 5.50. The summed E-state index contributed by atoms with van der Waals surface area (Å²) in [4.78, 5) is 24.2. The van der Waals surface area contributed by atoms with E-state index < -0.39 is 0 Å². The minimum Gasteiger partial charge on any atom is -0.389 e. The third-order valence-corrected chi connectivity index (χ3v) is 3.80. The molecule has 0 bridgehead atoms. The van der Waals surface area contributed by atoms with Gasteiger partial charge >= 0.3 is 0 Å². The Morgan fingerprint density at radius 3 is 2.68 bits per heavy atom. The first-order chi connectivity index (χ1) is 9.04. The van der Waals surface area contributed by atoms with Gasteiger partial charge in [-0.3, -0.25) is 4.79 Å². The van der Waals surface area contributed by atoms with Crippen LogP contribution in [0.1, 0.15) is 30.9 Å². The van der Waals surface area contributed by atoms with E-state index in [1.807, 2.05) is 22.8 Å². The van der Waals surface area contributed by atoms with Gasteiger partial charge in [0.2, 0.25) is 5.91 Å². The molecular formula is C13H18N4O2. The Bertz CT molecular complexity index is 513. The van der Waals surface area contributed by atoms with Crippen molar-refractivity contribution in [3.8, 4) is 0 Å². The van der Waals surface area contributed by atoms with Gasteiger partial charge in [0, 0.05) is 32.6 Å². The van der Waals surface area contributed by atoms with Crippen molar-refractivity contribution in [3.05, 3.63) is 17.6 Å². The quantitative estimate of drug-likeness (QED) is 0.828. The summed E-state index contributed by atoms with van der Waals surface area (Å²) >= 11 is 0. The van der Waals surface area contributed by atoms with Gasteiger partial charge < -0.3 is 14.9 Å². The number of carbonyl (C=O) groups excluding carboxylic acids is 1. The van der Waals surface area contributed by atoms with E-state index in [0.29, 0.717) is 18.9 Å². The zero-order valence-corrected chi connectivity index (χ0v) is 11.2. The van der Waals surface area contributed by atoms with E-state index >= 15 is 0 Å². The van der Waals surface area contributed by atoms with Crippen LogP contribution in [0.3, 0.4) is 0 Å². The lowest BCUT2D eigenvalue weighted by Crippen LogP contribution is -2.51. The highest BCUT2D eigenvalue weighted by Crippen LogP contribution is 2.33. The molecule has 1 N–H and O–H groups in total. The summed E-state index contributed by atoms with van der Waals surface area (Å²) in [6.07, 6.45) is 0.703. The number of anilines is 1. The fraction of sp³-hybridized carbons (Fsp3) is 0.615. The van der Waals surface area contributed by atoms with Gasteiger partial charge in [0.1, 0.15) is 11.6 Å². The number of hydrogen-bond acceptors (Lipinski definition) is 5. The summed E-state index contributed by atoms with van der Waals surface area (Å²) in [5.74, 6) is 1.65. The third-order valence-electron chi connectivity index (χ3n) is 3.80. The molecule has 1 atom stereocenters. The second-order valence-electron chi connectivity index (χ2n) is 5.27. The summed E-state index contributed by atoms with van der Waals surface area (Å²) < 4.78 is 0. The van der Waals surface area contributed by atoms with Crippen LogP contribution < -0.4 is 4.90 Å². The molecule has 2 aliphatic heterocycles. The zero-order valence-electron chi connectivity index (χ0n) is 11.2. The van der Waals surface area contributed by atoms with Crippen LogP contribution in [-0.2, 0) is 4.79 Å². The topological polar surface area (TPSA) is 69.6 Å². The van der Waals surface area contributed by atoms with Gasteiger partial charge in [-0.25, -0.2) is 9.97 Å². The molecule has 1 aromatic heterocycles. The maximum atomic E-state index is 11.5. The van der Waals surface area contributed by atoms with Crippen molar-refractivity contribution >= 4 is 11.7 Å². The van der Waals surface area contributed by atoms with Crippen LogP contribution >= 0.6 is 0 Å². The lowest BCUT2D eigenvalue weighted by atomic mass is 9.99. The number of aryl methyl sites for hydroxylation is 1. The van der Waals surface area contributed by atoms with Gasteiger partial charge in [-0.15, -0.1) is 0 Å². The Morgan fingerprint density at radius 2 is 2.16 bits per heavy atom. The average molecular weight is 262 g/mol. The first kappa shape index (κ1) is 12.3. The van der Waals surface area contributed by atoms with Gasteiger partial charge in [0.25, 0.3) is 0 Å². The lowest BCUT2D eigenvalue weighted by molar-refractivity contribution is -0.136. The van der Waals surface area contributed by atoms with Gasteiger partial charge in [0.05, 0.1) is 17.8 Å². The predicted molar refractivity (Wildman–Crippen MR) is 69.7 cm³/mol. The third kappa shape index (κ3) is 2.16. The van der Waals surface area contributed by atoms with Crippen LogP contribution in [0.15, 0.2) is 6.07 Å². The molecule has 2 aliphatic rings. The molecule has 2 fully saturated rings. The summed E-state index contributed by atoms with van der Waals surface area (Å²) in [5.41, 5.74) is 0.908. The minimum atomic E-state index is -0.254. The van der Waals surface area contributed by atoms with Crippen molar-refractivity contribution < 1.29 is 9.90 Å². The maximum absolute atomic E-state index is 11.5. The number of carbonyl (C=O) groups is 1. The van der Waals surface area contributed by atoms with Crippen molar-refractivity contribution in [2.75, 3.05) is 24.5 Å². The van der Waals surface area contributed by atoms with Crippen LogP contribution in [0.2, 0.25) is 0 Å². The maximum Gasteiger partial charge on any atom is 0.220 e. The Kier molecular flexibility index (Phi) is 2.89. The highest BCUT2D eigenvalue weighted by Gasteiger charge is 2.34. The number of aromatic nitrogens is 2. The van der Waals surface area contributed by atoms with E-state index in [0.717, 1.165) is 24.5 Å². The highest BCUT2D eigenvalue weighted by molar-refractivity contribution is 5.74. The molecular weight excluding hydrogens is 244 g/mol. The Morgan fingerprint density at radius 1 is 1.42 bits per heavy atom. The smallest absolute Gasteiger partial charge is 0.220 e. The first-order valence-electron chi connectivity index (χ1n) is 6.60. The number of amides is 1. The fourth-order valence-corrected chi connectivity index (χ4v) is 2.62. The van der Waals surface area contributed by atoms with E-state index in [2.05, 4.69) is 9.97 Å². The Balaban J connectivity index is 1.84. The van der Waals surface area contributed by atoms with Gasteiger partial charge in [-0.1, -0.05) is 0 Å². The van der Waals surface area contributed by atoms with Gasteiger partial charge in [0.15, 0.2) is 0 Å². The summed E-state index contributed by atoms with van der Waals surface area (Å²) in [6, 6.07) is 2.03. The van der Waals surface area contributed by atoms with Crippen LogP contribution in [0, 0.1) is 6.92 Å². The number of nitrogens with zero attached hydrogens (tertiary/aromatic N) is 4. The monoisotopic (exact) mass is 262 g/mol. The van der Waals surface area contributed by atoms with E-state index in [1.54, 1.807) is 6.92 Å². The summed E-state index contributed by atoms with van der Waals surface area (Å²) in [5, 5.41) is 9.36. The molecule has 1 amide bonds. The van der Waals surface area contributed by atoms with Crippen LogP contribution in [0.4, 0.5) is 5.82 Å². The van der Waals surface area contributed by atoms with Crippen LogP contribution in [-0.4, -0.2) is 51.6 Å². The number of β-amino-alcohol motifs (C(OH)–C–C–N with tert-alkyl or cyclic N) is 1. The van der Waals surface area contributed by atoms with E-state index in [1.165, 1.54) is 0 Å². The van der Waals surface area contributed by atoms with Crippen LogP contribution in [0.25, 0.3) is 0 Å². The van der Waals surface area contributed by atoms with Crippen molar-refractivity contribution in [1.82, 2.24) is 14.9 Å². The molecule has 0 saturated carbocycles. The first-order valence-corrected chi connectivity index (χ1v) is 6.60.